The van der Waals surface area contributed by atoms with Crippen molar-refractivity contribution in [3.8, 4) is 5.75 Å². The number of amides is 1. The predicted molar refractivity (Wildman–Crippen MR) is 123 cm³/mol. The van der Waals surface area contributed by atoms with Crippen LogP contribution in [0.5, 0.6) is 5.75 Å². The van der Waals surface area contributed by atoms with E-state index in [1.165, 1.54) is 0 Å². The molecule has 3 heteroatoms. The molecule has 2 atom stereocenters. The Morgan fingerprint density at radius 3 is 2.13 bits per heavy atom. The van der Waals surface area contributed by atoms with Crippen LogP contribution in [0, 0.1) is 13.8 Å². The minimum Gasteiger partial charge on any atom is -0.481 e. The van der Waals surface area contributed by atoms with Crippen molar-refractivity contribution < 1.29 is 9.53 Å². The number of ether oxygens (including phenoxy) is 1. The Kier molecular flexibility index (Phi) is 6.94. The van der Waals surface area contributed by atoms with Gasteiger partial charge >= 0.3 is 0 Å². The molecule has 156 valence electrons. The Hall–Kier alpha value is -3.07. The monoisotopic (exact) mass is 401 g/mol. The lowest BCUT2D eigenvalue weighted by Gasteiger charge is -2.24. The maximum atomic E-state index is 13.1. The third-order valence-corrected chi connectivity index (χ3v) is 5.26. The van der Waals surface area contributed by atoms with Crippen LogP contribution in [0.1, 0.15) is 60.5 Å². The van der Waals surface area contributed by atoms with Crippen molar-refractivity contribution in [3.05, 3.63) is 101 Å². The van der Waals surface area contributed by atoms with Crippen LogP contribution < -0.4 is 10.1 Å². The van der Waals surface area contributed by atoms with Crippen LogP contribution in [0.3, 0.4) is 0 Å². The first kappa shape index (κ1) is 21.6. The molecule has 0 aliphatic carbocycles. The summed E-state index contributed by atoms with van der Waals surface area (Å²) < 4.78 is 6.13. The van der Waals surface area contributed by atoms with E-state index in [2.05, 4.69) is 50.4 Å². The Bertz CT molecular complexity index is 995. The van der Waals surface area contributed by atoms with Crippen LogP contribution >= 0.6 is 0 Å². The quantitative estimate of drug-likeness (QED) is 0.519. The van der Waals surface area contributed by atoms with Gasteiger partial charge in [-0.05, 0) is 55.0 Å². The van der Waals surface area contributed by atoms with E-state index in [0.29, 0.717) is 5.92 Å². The molecular formula is C27H31NO2. The molecule has 30 heavy (non-hydrogen) atoms. The first-order valence-corrected chi connectivity index (χ1v) is 10.5. The zero-order chi connectivity index (χ0) is 21.7. The van der Waals surface area contributed by atoms with Crippen molar-refractivity contribution in [2.75, 3.05) is 0 Å². The molecule has 0 aliphatic rings. The molecule has 3 aromatic carbocycles. The number of nitrogens with one attached hydrogen (secondary N) is 1. The maximum absolute atomic E-state index is 13.1. The predicted octanol–water partition coefficient (Wildman–Crippen LogP) is 6.10. The Morgan fingerprint density at radius 1 is 0.800 bits per heavy atom. The Balaban J connectivity index is 1.83. The second-order valence-corrected chi connectivity index (χ2v) is 8.22. The number of aryl methyl sites for hydroxylation is 2. The Labute approximate surface area is 180 Å². The van der Waals surface area contributed by atoms with E-state index >= 15 is 0 Å². The lowest BCUT2D eigenvalue weighted by molar-refractivity contribution is -0.127. The highest BCUT2D eigenvalue weighted by atomic mass is 16.5. The van der Waals surface area contributed by atoms with Crippen molar-refractivity contribution >= 4 is 5.91 Å². The van der Waals surface area contributed by atoms with Crippen LogP contribution in [0.15, 0.2) is 72.8 Å². The number of hydrogen-bond donors (Lipinski definition) is 1. The minimum absolute atomic E-state index is 0.137. The van der Waals surface area contributed by atoms with Gasteiger partial charge in [0.1, 0.15) is 5.75 Å². The van der Waals surface area contributed by atoms with Gasteiger partial charge < -0.3 is 10.1 Å². The van der Waals surface area contributed by atoms with E-state index in [4.69, 9.17) is 4.74 Å². The second-order valence-electron chi connectivity index (χ2n) is 8.22. The molecule has 3 rings (SSSR count). The SMILES string of the molecule is Cc1cccc([C@H](NC(=O)[C@H](C)Oc2cc(C)ccc2C(C)C)c2ccccc2)c1. The second kappa shape index (κ2) is 9.62. The zero-order valence-corrected chi connectivity index (χ0v) is 18.5. The fraction of sp³-hybridized carbons (Fsp3) is 0.296. The molecule has 0 saturated carbocycles. The molecule has 3 nitrogen and oxygen atoms in total. The minimum atomic E-state index is -0.611. The number of hydrogen-bond acceptors (Lipinski definition) is 2. The zero-order valence-electron chi connectivity index (χ0n) is 18.5. The highest BCUT2D eigenvalue weighted by molar-refractivity contribution is 5.81. The van der Waals surface area contributed by atoms with E-state index in [-0.39, 0.29) is 11.9 Å². The summed E-state index contributed by atoms with van der Waals surface area (Å²) in [6.07, 6.45) is -0.611. The summed E-state index contributed by atoms with van der Waals surface area (Å²) >= 11 is 0. The fourth-order valence-electron chi connectivity index (χ4n) is 3.58. The first-order valence-electron chi connectivity index (χ1n) is 10.5. The summed E-state index contributed by atoms with van der Waals surface area (Å²) in [5, 5.41) is 3.20. The number of carbonyl (C=O) groups excluding carboxylic acids is 1. The van der Waals surface area contributed by atoms with E-state index in [1.54, 1.807) is 6.92 Å². The van der Waals surface area contributed by atoms with E-state index < -0.39 is 6.10 Å². The summed E-state index contributed by atoms with van der Waals surface area (Å²) in [5.74, 6) is 0.960. The van der Waals surface area contributed by atoms with Crippen LogP contribution in [-0.4, -0.2) is 12.0 Å². The molecule has 0 radical (unpaired) electrons. The van der Waals surface area contributed by atoms with Gasteiger partial charge in [0.05, 0.1) is 6.04 Å². The van der Waals surface area contributed by atoms with Gasteiger partial charge in [-0.3, -0.25) is 4.79 Å². The molecule has 0 saturated heterocycles. The van der Waals surface area contributed by atoms with Gasteiger partial charge in [-0.1, -0.05) is 86.1 Å². The molecule has 0 spiro atoms. The fourth-order valence-corrected chi connectivity index (χ4v) is 3.58. The molecule has 0 heterocycles. The standard InChI is InChI=1S/C27H31NO2/c1-18(2)24-15-14-20(4)17-25(24)30-21(5)27(29)28-26(22-11-7-6-8-12-22)23-13-9-10-19(3)16-23/h6-18,21,26H,1-5H3,(H,28,29)/t21-,26+/m0/s1. The molecule has 3 aromatic rings. The van der Waals surface area contributed by atoms with Crippen molar-refractivity contribution in [2.45, 2.75) is 52.7 Å². The molecule has 0 aromatic heterocycles. The third-order valence-electron chi connectivity index (χ3n) is 5.26. The lowest BCUT2D eigenvalue weighted by atomic mass is 9.97. The topological polar surface area (TPSA) is 38.3 Å². The summed E-state index contributed by atoms with van der Waals surface area (Å²) in [5.41, 5.74) is 5.48. The van der Waals surface area contributed by atoms with Gasteiger partial charge in [0.25, 0.3) is 5.91 Å². The average Bonchev–Trinajstić information content (AvgIpc) is 2.72. The summed E-state index contributed by atoms with van der Waals surface area (Å²) in [4.78, 5) is 13.1. The van der Waals surface area contributed by atoms with Crippen LogP contribution in [0.4, 0.5) is 0 Å². The lowest BCUT2D eigenvalue weighted by Crippen LogP contribution is -2.39. The van der Waals surface area contributed by atoms with Gasteiger partial charge in [-0.2, -0.15) is 0 Å². The molecule has 0 bridgehead atoms. The summed E-state index contributed by atoms with van der Waals surface area (Å²) in [6, 6.07) is 24.2. The summed E-state index contributed by atoms with van der Waals surface area (Å²) in [6.45, 7) is 10.2. The Morgan fingerprint density at radius 2 is 1.47 bits per heavy atom. The van der Waals surface area contributed by atoms with Crippen LogP contribution in [0.2, 0.25) is 0 Å². The van der Waals surface area contributed by atoms with Gasteiger partial charge in [-0.25, -0.2) is 0 Å². The van der Waals surface area contributed by atoms with Crippen molar-refractivity contribution in [2.24, 2.45) is 0 Å². The number of rotatable bonds is 7. The van der Waals surface area contributed by atoms with Crippen molar-refractivity contribution in [1.82, 2.24) is 5.32 Å². The normalized spacial score (nSPS) is 13.0. The average molecular weight is 402 g/mol. The molecule has 0 aliphatic heterocycles. The van der Waals surface area contributed by atoms with Gasteiger partial charge in [-0.15, -0.1) is 0 Å². The van der Waals surface area contributed by atoms with Crippen molar-refractivity contribution in [1.29, 1.82) is 0 Å². The molecular weight excluding hydrogens is 370 g/mol. The highest BCUT2D eigenvalue weighted by Gasteiger charge is 2.23. The van der Waals surface area contributed by atoms with E-state index in [0.717, 1.165) is 33.6 Å². The van der Waals surface area contributed by atoms with Crippen LogP contribution in [-0.2, 0) is 4.79 Å². The highest BCUT2D eigenvalue weighted by Crippen LogP contribution is 2.29. The summed E-state index contributed by atoms with van der Waals surface area (Å²) in [7, 11) is 0. The largest absolute Gasteiger partial charge is 0.481 e. The first-order chi connectivity index (χ1) is 14.3. The molecule has 0 unspecified atom stereocenters. The number of carbonyl (C=O) groups is 1. The number of benzene rings is 3. The smallest absolute Gasteiger partial charge is 0.261 e. The van der Waals surface area contributed by atoms with Gasteiger partial charge in [0, 0.05) is 0 Å². The van der Waals surface area contributed by atoms with Crippen LogP contribution in [0.25, 0.3) is 0 Å². The van der Waals surface area contributed by atoms with Gasteiger partial charge in [0.15, 0.2) is 6.10 Å². The molecule has 1 amide bonds. The molecule has 0 fully saturated rings. The van der Waals surface area contributed by atoms with E-state index in [9.17, 15) is 4.79 Å². The van der Waals surface area contributed by atoms with Gasteiger partial charge in [0.2, 0.25) is 0 Å². The maximum Gasteiger partial charge on any atom is 0.261 e. The third kappa shape index (κ3) is 5.29. The molecule has 1 N–H and O–H groups in total. The van der Waals surface area contributed by atoms with Crippen molar-refractivity contribution in [3.63, 3.8) is 0 Å². The van der Waals surface area contributed by atoms with E-state index in [1.807, 2.05) is 55.5 Å².